The fourth-order valence-electron chi connectivity index (χ4n) is 3.73. The van der Waals surface area contributed by atoms with Crippen molar-refractivity contribution in [1.29, 1.82) is 0 Å². The smallest absolute Gasteiger partial charge is 0.163 e. The molecule has 0 saturated heterocycles. The Kier molecular flexibility index (Phi) is 3.96. The van der Waals surface area contributed by atoms with Crippen LogP contribution < -0.4 is 15.4 Å². The zero-order chi connectivity index (χ0) is 17.4. The minimum absolute atomic E-state index is 0.156. The fourth-order valence-corrected chi connectivity index (χ4v) is 3.73. The number of nitrogens with one attached hydrogen (secondary N) is 2. The summed E-state index contributed by atoms with van der Waals surface area (Å²) in [6, 6.07) is 15.9. The zero-order valence-electron chi connectivity index (χ0n) is 14.5. The van der Waals surface area contributed by atoms with Gasteiger partial charge in [-0.15, -0.1) is 0 Å². The van der Waals surface area contributed by atoms with Gasteiger partial charge < -0.3 is 15.4 Å². The SMILES string of the molecule is COc1ccc([C@@H]2Nc3ccccc3NC3=C2C(=O)C[C@H](C)C3)cc1. The van der Waals surface area contributed by atoms with Gasteiger partial charge in [0.2, 0.25) is 0 Å². The molecule has 1 heterocycles. The average molecular weight is 334 g/mol. The molecule has 25 heavy (non-hydrogen) atoms. The first-order chi connectivity index (χ1) is 12.2. The summed E-state index contributed by atoms with van der Waals surface area (Å²) in [7, 11) is 1.66. The molecular formula is C21H22N2O2. The second-order valence-electron chi connectivity index (χ2n) is 6.85. The minimum atomic E-state index is -0.156. The lowest BCUT2D eigenvalue weighted by molar-refractivity contribution is -0.117. The second-order valence-corrected chi connectivity index (χ2v) is 6.85. The Labute approximate surface area is 147 Å². The van der Waals surface area contributed by atoms with E-state index in [0.717, 1.165) is 40.4 Å². The van der Waals surface area contributed by atoms with Gasteiger partial charge in [-0.2, -0.15) is 0 Å². The molecule has 1 aliphatic heterocycles. The van der Waals surface area contributed by atoms with Gasteiger partial charge in [0.25, 0.3) is 0 Å². The number of anilines is 2. The summed E-state index contributed by atoms with van der Waals surface area (Å²) in [5, 5.41) is 7.09. The molecule has 128 valence electrons. The van der Waals surface area contributed by atoms with E-state index < -0.39 is 0 Å². The van der Waals surface area contributed by atoms with E-state index in [0.29, 0.717) is 12.3 Å². The number of carbonyl (C=O) groups excluding carboxylic acids is 1. The molecule has 0 saturated carbocycles. The first kappa shape index (κ1) is 15.8. The van der Waals surface area contributed by atoms with Gasteiger partial charge in [0.05, 0.1) is 24.5 Å². The summed E-state index contributed by atoms with van der Waals surface area (Å²) < 4.78 is 5.27. The molecule has 0 fully saturated rings. The topological polar surface area (TPSA) is 50.4 Å². The predicted molar refractivity (Wildman–Crippen MR) is 99.9 cm³/mol. The lowest BCUT2D eigenvalue weighted by Gasteiger charge is -2.28. The van der Waals surface area contributed by atoms with Crippen LogP contribution in [-0.4, -0.2) is 12.9 Å². The Hall–Kier alpha value is -2.75. The molecular weight excluding hydrogens is 312 g/mol. The molecule has 4 heteroatoms. The summed E-state index contributed by atoms with van der Waals surface area (Å²) in [6.45, 7) is 2.13. The van der Waals surface area contributed by atoms with Crippen molar-refractivity contribution < 1.29 is 9.53 Å². The van der Waals surface area contributed by atoms with Crippen molar-refractivity contribution in [3.05, 3.63) is 65.4 Å². The monoisotopic (exact) mass is 334 g/mol. The van der Waals surface area contributed by atoms with Gasteiger partial charge in [0, 0.05) is 17.7 Å². The summed E-state index contributed by atoms with van der Waals surface area (Å²) in [4.78, 5) is 12.9. The van der Waals surface area contributed by atoms with E-state index in [1.807, 2.05) is 48.5 Å². The first-order valence-electron chi connectivity index (χ1n) is 8.68. The van der Waals surface area contributed by atoms with Gasteiger partial charge >= 0.3 is 0 Å². The Morgan fingerprint density at radius 2 is 1.72 bits per heavy atom. The number of para-hydroxylation sites is 2. The zero-order valence-corrected chi connectivity index (χ0v) is 14.5. The lowest BCUT2D eigenvalue weighted by atomic mass is 9.82. The van der Waals surface area contributed by atoms with E-state index in [9.17, 15) is 4.79 Å². The molecule has 2 aliphatic rings. The van der Waals surface area contributed by atoms with E-state index in [1.165, 1.54) is 0 Å². The Bertz CT molecular complexity index is 839. The highest BCUT2D eigenvalue weighted by atomic mass is 16.5. The predicted octanol–water partition coefficient (Wildman–Crippen LogP) is 4.53. The summed E-state index contributed by atoms with van der Waals surface area (Å²) >= 11 is 0. The number of ketones is 1. The number of hydrogen-bond donors (Lipinski definition) is 2. The van der Waals surface area contributed by atoms with Crippen LogP contribution in [0.4, 0.5) is 11.4 Å². The van der Waals surface area contributed by atoms with Gasteiger partial charge in [0.15, 0.2) is 5.78 Å². The number of rotatable bonds is 2. The summed E-state index contributed by atoms with van der Waals surface area (Å²) in [5.74, 6) is 1.40. The van der Waals surface area contributed by atoms with Crippen LogP contribution in [-0.2, 0) is 4.79 Å². The maximum absolute atomic E-state index is 12.9. The maximum Gasteiger partial charge on any atom is 0.163 e. The van der Waals surface area contributed by atoms with Crippen LogP contribution in [0.25, 0.3) is 0 Å². The van der Waals surface area contributed by atoms with Crippen LogP contribution >= 0.6 is 0 Å². The quantitative estimate of drug-likeness (QED) is 0.847. The third-order valence-electron chi connectivity index (χ3n) is 4.96. The number of allylic oxidation sites excluding steroid dienone is 1. The van der Waals surface area contributed by atoms with Crippen molar-refractivity contribution in [2.45, 2.75) is 25.8 Å². The van der Waals surface area contributed by atoms with E-state index >= 15 is 0 Å². The van der Waals surface area contributed by atoms with E-state index in [2.05, 4.69) is 17.6 Å². The molecule has 0 bridgehead atoms. The molecule has 2 aromatic carbocycles. The highest BCUT2D eigenvalue weighted by Crippen LogP contribution is 2.41. The van der Waals surface area contributed by atoms with Crippen LogP contribution in [0, 0.1) is 5.92 Å². The van der Waals surface area contributed by atoms with Crippen LogP contribution in [0.5, 0.6) is 5.75 Å². The average Bonchev–Trinajstić information content (AvgIpc) is 2.78. The molecule has 4 rings (SSSR count). The Morgan fingerprint density at radius 1 is 1.00 bits per heavy atom. The normalized spacial score (nSPS) is 22.2. The fraction of sp³-hybridized carbons (Fsp3) is 0.286. The largest absolute Gasteiger partial charge is 0.497 e. The van der Waals surface area contributed by atoms with Crippen molar-refractivity contribution in [3.63, 3.8) is 0 Å². The standard InChI is InChI=1S/C21H22N2O2/c1-13-11-18-20(19(24)12-13)21(14-7-9-15(25-2)10-8-14)23-17-6-4-3-5-16(17)22-18/h3-10,13,21-23H,11-12H2,1-2H3/t13-,21+/m1/s1. The van der Waals surface area contributed by atoms with Crippen molar-refractivity contribution in [3.8, 4) is 5.75 Å². The summed E-state index contributed by atoms with van der Waals surface area (Å²) in [6.07, 6.45) is 1.49. The molecule has 2 atom stereocenters. The molecule has 2 N–H and O–H groups in total. The van der Waals surface area contributed by atoms with Gasteiger partial charge in [0.1, 0.15) is 5.75 Å². The van der Waals surface area contributed by atoms with Crippen LogP contribution in [0.2, 0.25) is 0 Å². The lowest BCUT2D eigenvalue weighted by Crippen LogP contribution is -2.26. The van der Waals surface area contributed by atoms with Gasteiger partial charge in [-0.05, 0) is 42.2 Å². The van der Waals surface area contributed by atoms with Crippen LogP contribution in [0.3, 0.4) is 0 Å². The molecule has 0 unspecified atom stereocenters. The molecule has 0 radical (unpaired) electrons. The molecule has 2 aromatic rings. The van der Waals surface area contributed by atoms with E-state index in [1.54, 1.807) is 7.11 Å². The molecule has 0 amide bonds. The first-order valence-corrected chi connectivity index (χ1v) is 8.68. The number of carbonyl (C=O) groups is 1. The molecule has 0 aromatic heterocycles. The Balaban J connectivity index is 1.84. The number of hydrogen-bond acceptors (Lipinski definition) is 4. The number of ether oxygens (including phenoxy) is 1. The van der Waals surface area contributed by atoms with Crippen molar-refractivity contribution >= 4 is 17.2 Å². The third kappa shape index (κ3) is 2.88. The minimum Gasteiger partial charge on any atom is -0.497 e. The van der Waals surface area contributed by atoms with Gasteiger partial charge in [-0.25, -0.2) is 0 Å². The number of fused-ring (bicyclic) bond motifs is 1. The van der Waals surface area contributed by atoms with Crippen molar-refractivity contribution in [2.75, 3.05) is 17.7 Å². The number of Topliss-reactive ketones (excluding diaryl/α,β-unsaturated/α-hetero) is 1. The molecule has 1 aliphatic carbocycles. The molecule has 0 spiro atoms. The van der Waals surface area contributed by atoms with E-state index in [4.69, 9.17) is 4.74 Å². The highest BCUT2D eigenvalue weighted by Gasteiger charge is 2.34. The maximum atomic E-state index is 12.9. The highest BCUT2D eigenvalue weighted by molar-refractivity contribution is 6.00. The molecule has 4 nitrogen and oxygen atoms in total. The van der Waals surface area contributed by atoms with Gasteiger partial charge in [-0.1, -0.05) is 31.2 Å². The van der Waals surface area contributed by atoms with Crippen molar-refractivity contribution in [1.82, 2.24) is 0 Å². The van der Waals surface area contributed by atoms with Crippen LogP contribution in [0.1, 0.15) is 31.4 Å². The Morgan fingerprint density at radius 3 is 2.44 bits per heavy atom. The summed E-state index contributed by atoms with van der Waals surface area (Å²) in [5.41, 5.74) is 5.00. The van der Waals surface area contributed by atoms with Crippen LogP contribution in [0.15, 0.2) is 59.8 Å². The van der Waals surface area contributed by atoms with E-state index in [-0.39, 0.29) is 11.8 Å². The van der Waals surface area contributed by atoms with Crippen molar-refractivity contribution in [2.24, 2.45) is 5.92 Å². The van der Waals surface area contributed by atoms with Gasteiger partial charge in [-0.3, -0.25) is 4.79 Å². The number of benzene rings is 2. The third-order valence-corrected chi connectivity index (χ3v) is 4.96. The second kappa shape index (κ2) is 6.28. The number of methoxy groups -OCH3 is 1.